The predicted octanol–water partition coefficient (Wildman–Crippen LogP) is 4.65. The summed E-state index contributed by atoms with van der Waals surface area (Å²) >= 11 is 5.80. The molecular formula is C14H13ClFN. The Morgan fingerprint density at radius 2 is 1.71 bits per heavy atom. The maximum Gasteiger partial charge on any atom is 0.128 e. The van der Waals surface area contributed by atoms with E-state index in [2.05, 4.69) is 5.32 Å². The Morgan fingerprint density at radius 1 is 1.06 bits per heavy atom. The van der Waals surface area contributed by atoms with Crippen LogP contribution in [-0.4, -0.2) is 0 Å². The zero-order chi connectivity index (χ0) is 12.3. The average Bonchev–Trinajstić information content (AvgIpc) is 2.32. The number of anilines is 1. The number of benzene rings is 2. The molecule has 17 heavy (non-hydrogen) atoms. The van der Waals surface area contributed by atoms with E-state index in [1.807, 2.05) is 25.1 Å². The SMILES string of the molecule is CC(Nc1ccc(Cl)cc1)c1ccccc1F. The minimum Gasteiger partial charge on any atom is -0.378 e. The minimum absolute atomic E-state index is 0.0858. The topological polar surface area (TPSA) is 12.0 Å². The zero-order valence-corrected chi connectivity index (χ0v) is 10.2. The summed E-state index contributed by atoms with van der Waals surface area (Å²) in [5.41, 5.74) is 1.58. The Labute approximate surface area is 105 Å². The van der Waals surface area contributed by atoms with Crippen LogP contribution < -0.4 is 5.32 Å². The number of nitrogens with one attached hydrogen (secondary N) is 1. The van der Waals surface area contributed by atoms with Crippen molar-refractivity contribution in [3.63, 3.8) is 0 Å². The Morgan fingerprint density at radius 3 is 2.35 bits per heavy atom. The molecule has 0 fully saturated rings. The van der Waals surface area contributed by atoms with Gasteiger partial charge in [-0.3, -0.25) is 0 Å². The first-order valence-electron chi connectivity index (χ1n) is 5.43. The fourth-order valence-electron chi connectivity index (χ4n) is 1.70. The summed E-state index contributed by atoms with van der Waals surface area (Å²) in [6, 6.07) is 14.0. The van der Waals surface area contributed by atoms with Gasteiger partial charge in [0, 0.05) is 16.3 Å². The Bertz CT molecular complexity index is 496. The van der Waals surface area contributed by atoms with Gasteiger partial charge in [0.05, 0.1) is 6.04 Å². The molecule has 0 amide bonds. The van der Waals surface area contributed by atoms with E-state index < -0.39 is 0 Å². The van der Waals surface area contributed by atoms with Gasteiger partial charge in [-0.15, -0.1) is 0 Å². The monoisotopic (exact) mass is 249 g/mol. The van der Waals surface area contributed by atoms with Crippen LogP contribution in [0.2, 0.25) is 5.02 Å². The van der Waals surface area contributed by atoms with Crippen LogP contribution in [0.3, 0.4) is 0 Å². The average molecular weight is 250 g/mol. The van der Waals surface area contributed by atoms with Crippen molar-refractivity contribution in [2.75, 3.05) is 5.32 Å². The second kappa shape index (κ2) is 5.19. The third-order valence-corrected chi connectivity index (χ3v) is 2.85. The van der Waals surface area contributed by atoms with Crippen LogP contribution in [0.4, 0.5) is 10.1 Å². The molecule has 3 heteroatoms. The van der Waals surface area contributed by atoms with Gasteiger partial charge < -0.3 is 5.32 Å². The van der Waals surface area contributed by atoms with Gasteiger partial charge in [0.15, 0.2) is 0 Å². The molecule has 0 saturated heterocycles. The maximum atomic E-state index is 13.5. The maximum absolute atomic E-state index is 13.5. The third-order valence-electron chi connectivity index (χ3n) is 2.60. The Hall–Kier alpha value is -1.54. The lowest BCUT2D eigenvalue weighted by molar-refractivity contribution is 0.600. The first-order valence-corrected chi connectivity index (χ1v) is 5.81. The largest absolute Gasteiger partial charge is 0.378 e. The fourth-order valence-corrected chi connectivity index (χ4v) is 1.83. The molecule has 2 aromatic carbocycles. The first-order chi connectivity index (χ1) is 8.16. The van der Waals surface area contributed by atoms with Gasteiger partial charge in [-0.25, -0.2) is 4.39 Å². The van der Waals surface area contributed by atoms with Crippen LogP contribution >= 0.6 is 11.6 Å². The lowest BCUT2D eigenvalue weighted by Crippen LogP contribution is -2.08. The molecule has 1 nitrogen and oxygen atoms in total. The molecular weight excluding hydrogens is 237 g/mol. The Kier molecular flexibility index (Phi) is 3.64. The summed E-state index contributed by atoms with van der Waals surface area (Å²) in [4.78, 5) is 0. The van der Waals surface area contributed by atoms with Crippen LogP contribution in [0.5, 0.6) is 0 Å². The van der Waals surface area contributed by atoms with Crippen molar-refractivity contribution in [1.82, 2.24) is 0 Å². The third kappa shape index (κ3) is 2.98. The van der Waals surface area contributed by atoms with Crippen LogP contribution in [0.1, 0.15) is 18.5 Å². The molecule has 0 heterocycles. The highest BCUT2D eigenvalue weighted by Gasteiger charge is 2.09. The van der Waals surface area contributed by atoms with E-state index in [0.29, 0.717) is 10.6 Å². The van der Waals surface area contributed by atoms with Crippen molar-refractivity contribution in [3.05, 3.63) is 64.9 Å². The van der Waals surface area contributed by atoms with Crippen molar-refractivity contribution in [2.45, 2.75) is 13.0 Å². The van der Waals surface area contributed by atoms with Crippen molar-refractivity contribution in [3.8, 4) is 0 Å². The van der Waals surface area contributed by atoms with Crippen LogP contribution in [-0.2, 0) is 0 Å². The van der Waals surface area contributed by atoms with E-state index in [-0.39, 0.29) is 11.9 Å². The Balaban J connectivity index is 2.14. The summed E-state index contributed by atoms with van der Waals surface area (Å²) < 4.78 is 13.5. The molecule has 0 aliphatic rings. The van der Waals surface area contributed by atoms with Crippen molar-refractivity contribution in [1.29, 1.82) is 0 Å². The predicted molar refractivity (Wildman–Crippen MR) is 69.9 cm³/mol. The second-order valence-corrected chi connectivity index (χ2v) is 4.33. The lowest BCUT2D eigenvalue weighted by atomic mass is 10.1. The molecule has 0 aliphatic heterocycles. The normalized spacial score (nSPS) is 12.2. The molecule has 1 N–H and O–H groups in total. The van der Waals surface area contributed by atoms with E-state index in [1.54, 1.807) is 24.3 Å². The molecule has 0 spiro atoms. The van der Waals surface area contributed by atoms with E-state index in [0.717, 1.165) is 5.69 Å². The molecule has 0 aromatic heterocycles. The lowest BCUT2D eigenvalue weighted by Gasteiger charge is -2.16. The molecule has 0 bridgehead atoms. The van der Waals surface area contributed by atoms with Gasteiger partial charge in [-0.1, -0.05) is 29.8 Å². The van der Waals surface area contributed by atoms with Gasteiger partial charge in [-0.05, 0) is 37.3 Å². The molecule has 2 rings (SSSR count). The van der Waals surface area contributed by atoms with E-state index >= 15 is 0 Å². The summed E-state index contributed by atoms with van der Waals surface area (Å²) in [6.07, 6.45) is 0. The van der Waals surface area contributed by atoms with Crippen LogP contribution in [0.25, 0.3) is 0 Å². The number of rotatable bonds is 3. The van der Waals surface area contributed by atoms with Crippen molar-refractivity contribution >= 4 is 17.3 Å². The van der Waals surface area contributed by atoms with Crippen molar-refractivity contribution < 1.29 is 4.39 Å². The molecule has 1 atom stereocenters. The van der Waals surface area contributed by atoms with Gasteiger partial charge in [0.25, 0.3) is 0 Å². The molecule has 0 saturated carbocycles. The minimum atomic E-state index is -0.193. The summed E-state index contributed by atoms with van der Waals surface area (Å²) in [5, 5.41) is 3.92. The van der Waals surface area contributed by atoms with Crippen LogP contribution in [0, 0.1) is 5.82 Å². The van der Waals surface area contributed by atoms with E-state index in [9.17, 15) is 4.39 Å². The molecule has 88 valence electrons. The molecule has 0 aliphatic carbocycles. The highest BCUT2D eigenvalue weighted by Crippen LogP contribution is 2.22. The second-order valence-electron chi connectivity index (χ2n) is 3.89. The number of hydrogen-bond donors (Lipinski definition) is 1. The van der Waals surface area contributed by atoms with Crippen molar-refractivity contribution in [2.24, 2.45) is 0 Å². The van der Waals surface area contributed by atoms with E-state index in [4.69, 9.17) is 11.6 Å². The highest BCUT2D eigenvalue weighted by molar-refractivity contribution is 6.30. The summed E-state index contributed by atoms with van der Waals surface area (Å²) in [7, 11) is 0. The quantitative estimate of drug-likeness (QED) is 0.835. The first kappa shape index (κ1) is 11.9. The zero-order valence-electron chi connectivity index (χ0n) is 9.45. The van der Waals surface area contributed by atoms with Gasteiger partial charge in [0.2, 0.25) is 0 Å². The fraction of sp³-hybridized carbons (Fsp3) is 0.143. The molecule has 1 unspecified atom stereocenters. The molecule has 2 aromatic rings. The van der Waals surface area contributed by atoms with Gasteiger partial charge in [0.1, 0.15) is 5.82 Å². The summed E-state index contributed by atoms with van der Waals surface area (Å²) in [5.74, 6) is -0.193. The van der Waals surface area contributed by atoms with E-state index in [1.165, 1.54) is 6.07 Å². The smallest absolute Gasteiger partial charge is 0.128 e. The number of hydrogen-bond acceptors (Lipinski definition) is 1. The van der Waals surface area contributed by atoms with Gasteiger partial charge >= 0.3 is 0 Å². The molecule has 0 radical (unpaired) electrons. The summed E-state index contributed by atoms with van der Waals surface area (Å²) in [6.45, 7) is 1.92. The number of halogens is 2. The van der Waals surface area contributed by atoms with Gasteiger partial charge in [-0.2, -0.15) is 0 Å². The highest BCUT2D eigenvalue weighted by atomic mass is 35.5. The standard InChI is InChI=1S/C14H13ClFN/c1-10(13-4-2-3-5-14(13)16)17-12-8-6-11(15)7-9-12/h2-10,17H,1H3. The van der Waals surface area contributed by atoms with Crippen LogP contribution in [0.15, 0.2) is 48.5 Å².